The summed E-state index contributed by atoms with van der Waals surface area (Å²) in [7, 11) is 0. The number of ketones is 1. The molecule has 26 heavy (non-hydrogen) atoms. The average molecular weight is 353 g/mol. The zero-order chi connectivity index (χ0) is 19.1. The number of esters is 1. The van der Waals surface area contributed by atoms with Crippen molar-refractivity contribution in [2.24, 2.45) is 0 Å². The Balaban J connectivity index is 1.91. The molecule has 0 aliphatic carbocycles. The largest absolute Gasteiger partial charge is 0.454 e. The fourth-order valence-corrected chi connectivity index (χ4v) is 2.51. The van der Waals surface area contributed by atoms with Gasteiger partial charge in [-0.2, -0.15) is 0 Å². The zero-order valence-electron chi connectivity index (χ0n) is 15.2. The number of aryl methyl sites for hydroxylation is 1. The first kappa shape index (κ1) is 19.4. The molecule has 5 heteroatoms. The molecule has 1 N–H and O–H groups in total. The molecule has 0 aromatic heterocycles. The van der Waals surface area contributed by atoms with Crippen LogP contribution < -0.4 is 5.32 Å². The van der Waals surface area contributed by atoms with E-state index in [2.05, 4.69) is 5.32 Å². The second-order valence-electron chi connectivity index (χ2n) is 6.10. The number of ether oxygens (including phenoxy) is 1. The highest BCUT2D eigenvalue weighted by Crippen LogP contribution is 2.13. The Morgan fingerprint density at radius 1 is 0.962 bits per heavy atom. The van der Waals surface area contributed by atoms with E-state index in [0.29, 0.717) is 11.3 Å². The molecule has 136 valence electrons. The van der Waals surface area contributed by atoms with Crippen LogP contribution in [0.1, 0.15) is 42.3 Å². The summed E-state index contributed by atoms with van der Waals surface area (Å²) in [4.78, 5) is 35.4. The van der Waals surface area contributed by atoms with E-state index in [-0.39, 0.29) is 18.1 Å². The van der Waals surface area contributed by atoms with E-state index in [1.807, 2.05) is 19.1 Å². The predicted octanol–water partition coefficient (Wildman–Crippen LogP) is 3.56. The van der Waals surface area contributed by atoms with E-state index in [1.165, 1.54) is 6.92 Å². The maximum absolute atomic E-state index is 12.4. The van der Waals surface area contributed by atoms with E-state index in [1.54, 1.807) is 43.3 Å². The van der Waals surface area contributed by atoms with Crippen LogP contribution in [-0.2, 0) is 27.2 Å². The highest BCUT2D eigenvalue weighted by Gasteiger charge is 2.19. The Hall–Kier alpha value is -2.95. The van der Waals surface area contributed by atoms with E-state index in [0.717, 1.165) is 17.5 Å². The molecule has 5 nitrogen and oxygen atoms in total. The van der Waals surface area contributed by atoms with Crippen LogP contribution >= 0.6 is 0 Å². The van der Waals surface area contributed by atoms with Crippen molar-refractivity contribution in [3.8, 4) is 0 Å². The minimum absolute atomic E-state index is 0.0622. The summed E-state index contributed by atoms with van der Waals surface area (Å²) in [5.41, 5.74) is 3.08. The number of anilines is 1. The molecular formula is C21H23NO4. The second kappa shape index (κ2) is 8.94. The molecule has 0 saturated heterocycles. The van der Waals surface area contributed by atoms with Crippen LogP contribution in [0.2, 0.25) is 0 Å². The van der Waals surface area contributed by atoms with Crippen molar-refractivity contribution in [1.29, 1.82) is 0 Å². The number of carbonyl (C=O) groups is 3. The van der Waals surface area contributed by atoms with Gasteiger partial charge in [-0.1, -0.05) is 43.3 Å². The Labute approximate surface area is 153 Å². The van der Waals surface area contributed by atoms with Gasteiger partial charge in [0.25, 0.3) is 0 Å². The lowest BCUT2D eigenvalue weighted by Gasteiger charge is -2.13. The number of amides is 1. The number of nitrogens with one attached hydrogen (secondary N) is 1. The van der Waals surface area contributed by atoms with Crippen LogP contribution in [-0.4, -0.2) is 23.8 Å². The average Bonchev–Trinajstić information content (AvgIpc) is 2.62. The molecule has 0 heterocycles. The van der Waals surface area contributed by atoms with Gasteiger partial charge in [0.05, 0.1) is 6.42 Å². The fraction of sp³-hybridized carbons (Fsp3) is 0.286. The second-order valence-corrected chi connectivity index (χ2v) is 6.10. The van der Waals surface area contributed by atoms with Crippen molar-refractivity contribution in [2.45, 2.75) is 39.7 Å². The van der Waals surface area contributed by atoms with Crippen LogP contribution in [0.25, 0.3) is 0 Å². The molecule has 2 rings (SSSR count). The van der Waals surface area contributed by atoms with Crippen molar-refractivity contribution >= 4 is 23.3 Å². The van der Waals surface area contributed by atoms with Gasteiger partial charge in [0, 0.05) is 18.2 Å². The topological polar surface area (TPSA) is 72.5 Å². The quantitative estimate of drug-likeness (QED) is 0.610. The number of Topliss-reactive ketones (excluding diaryl/α,β-unsaturated/α-hetero) is 1. The van der Waals surface area contributed by atoms with Crippen LogP contribution in [0.15, 0.2) is 48.5 Å². The SMILES string of the molecule is CCc1ccc(C(=O)[C@H](C)OC(=O)Cc2ccc(NC(C)=O)cc2)cc1. The van der Waals surface area contributed by atoms with E-state index in [9.17, 15) is 14.4 Å². The third kappa shape index (κ3) is 5.55. The maximum Gasteiger partial charge on any atom is 0.310 e. The molecule has 2 aromatic carbocycles. The summed E-state index contributed by atoms with van der Waals surface area (Å²) in [5, 5.41) is 2.66. The van der Waals surface area contributed by atoms with Gasteiger partial charge in [-0.15, -0.1) is 0 Å². The molecule has 0 bridgehead atoms. The molecule has 0 fully saturated rings. The summed E-state index contributed by atoms with van der Waals surface area (Å²) in [5.74, 6) is -0.846. The van der Waals surface area contributed by atoms with Gasteiger partial charge in [-0.05, 0) is 36.6 Å². The molecule has 1 atom stereocenters. The third-order valence-corrected chi connectivity index (χ3v) is 3.95. The highest BCUT2D eigenvalue weighted by molar-refractivity contribution is 6.00. The van der Waals surface area contributed by atoms with Gasteiger partial charge < -0.3 is 10.1 Å². The Kier molecular flexibility index (Phi) is 6.67. The number of hydrogen-bond donors (Lipinski definition) is 1. The molecule has 0 radical (unpaired) electrons. The summed E-state index contributed by atoms with van der Waals surface area (Å²) in [6.45, 7) is 5.05. The van der Waals surface area contributed by atoms with Crippen molar-refractivity contribution < 1.29 is 19.1 Å². The van der Waals surface area contributed by atoms with Gasteiger partial charge in [-0.25, -0.2) is 0 Å². The standard InChI is InChI=1S/C21H23NO4/c1-4-16-5-9-18(10-6-16)21(25)14(2)26-20(24)13-17-7-11-19(12-8-17)22-15(3)23/h5-12,14H,4,13H2,1-3H3,(H,22,23)/t14-/m0/s1. The van der Waals surface area contributed by atoms with Crippen LogP contribution in [0.3, 0.4) is 0 Å². The molecule has 0 saturated carbocycles. The molecule has 0 spiro atoms. The lowest BCUT2D eigenvalue weighted by Crippen LogP contribution is -2.25. The smallest absolute Gasteiger partial charge is 0.310 e. The number of carbonyl (C=O) groups excluding carboxylic acids is 3. The van der Waals surface area contributed by atoms with Crippen molar-refractivity contribution in [3.63, 3.8) is 0 Å². The first-order valence-electron chi connectivity index (χ1n) is 8.58. The molecule has 0 unspecified atom stereocenters. The van der Waals surface area contributed by atoms with E-state index < -0.39 is 12.1 Å². The molecule has 1 amide bonds. The van der Waals surface area contributed by atoms with Gasteiger partial charge in [0.1, 0.15) is 0 Å². The van der Waals surface area contributed by atoms with Gasteiger partial charge in [-0.3, -0.25) is 14.4 Å². The zero-order valence-corrected chi connectivity index (χ0v) is 15.2. The molecule has 0 aliphatic rings. The minimum Gasteiger partial charge on any atom is -0.454 e. The number of hydrogen-bond acceptors (Lipinski definition) is 4. The normalized spacial score (nSPS) is 11.5. The fourth-order valence-electron chi connectivity index (χ4n) is 2.51. The van der Waals surface area contributed by atoms with Crippen molar-refractivity contribution in [2.75, 3.05) is 5.32 Å². The summed E-state index contributed by atoms with van der Waals surface area (Å²) in [6.07, 6.45) is 0.126. The van der Waals surface area contributed by atoms with Crippen molar-refractivity contribution in [3.05, 3.63) is 65.2 Å². The summed E-state index contributed by atoms with van der Waals surface area (Å²) < 4.78 is 5.26. The minimum atomic E-state index is -0.839. The number of rotatable bonds is 7. The maximum atomic E-state index is 12.4. The third-order valence-electron chi connectivity index (χ3n) is 3.95. The molecular weight excluding hydrogens is 330 g/mol. The molecule has 0 aliphatic heterocycles. The summed E-state index contributed by atoms with van der Waals surface area (Å²) >= 11 is 0. The van der Waals surface area contributed by atoms with Crippen LogP contribution in [0.5, 0.6) is 0 Å². The first-order chi connectivity index (χ1) is 12.4. The summed E-state index contributed by atoms with van der Waals surface area (Å²) in [6, 6.07) is 14.2. The monoisotopic (exact) mass is 353 g/mol. The first-order valence-corrected chi connectivity index (χ1v) is 8.58. The number of benzene rings is 2. The van der Waals surface area contributed by atoms with Gasteiger partial charge in [0.2, 0.25) is 11.7 Å². The van der Waals surface area contributed by atoms with Crippen molar-refractivity contribution in [1.82, 2.24) is 0 Å². The lowest BCUT2D eigenvalue weighted by molar-refractivity contribution is -0.145. The molecule has 2 aromatic rings. The Morgan fingerprint density at radius 3 is 2.08 bits per heavy atom. The van der Waals surface area contributed by atoms with Gasteiger partial charge >= 0.3 is 5.97 Å². The van der Waals surface area contributed by atoms with Crippen LogP contribution in [0, 0.1) is 0 Å². The Bertz CT molecular complexity index is 779. The van der Waals surface area contributed by atoms with Gasteiger partial charge in [0.15, 0.2) is 6.10 Å². The van der Waals surface area contributed by atoms with E-state index >= 15 is 0 Å². The predicted molar refractivity (Wildman–Crippen MR) is 100 cm³/mol. The van der Waals surface area contributed by atoms with E-state index in [4.69, 9.17) is 4.74 Å². The lowest BCUT2D eigenvalue weighted by atomic mass is 10.0. The van der Waals surface area contributed by atoms with Crippen LogP contribution in [0.4, 0.5) is 5.69 Å². The Morgan fingerprint density at radius 2 is 1.54 bits per heavy atom. The highest BCUT2D eigenvalue weighted by atomic mass is 16.5.